The Bertz CT molecular complexity index is 1440. The number of nitrogens with one attached hydrogen (secondary N) is 3. The van der Waals surface area contributed by atoms with E-state index >= 15 is 0 Å². The summed E-state index contributed by atoms with van der Waals surface area (Å²) in [6.07, 6.45) is 7.66. The number of alkyl carbamates (subject to hydrolysis) is 1. The van der Waals surface area contributed by atoms with E-state index in [0.29, 0.717) is 50.6 Å². The number of nitrogens with zero attached hydrogens (tertiary/aromatic N) is 2. The highest BCUT2D eigenvalue weighted by Gasteiger charge is 2.61. The van der Waals surface area contributed by atoms with Crippen LogP contribution >= 0.6 is 0 Å². The summed E-state index contributed by atoms with van der Waals surface area (Å²) in [4.78, 5) is 55.1. The van der Waals surface area contributed by atoms with Crippen molar-refractivity contribution in [2.45, 2.75) is 96.2 Å². The van der Waals surface area contributed by atoms with Crippen molar-refractivity contribution in [3.05, 3.63) is 42.0 Å². The molecule has 238 valence electrons. The zero-order valence-corrected chi connectivity index (χ0v) is 26.2. The van der Waals surface area contributed by atoms with Crippen molar-refractivity contribution in [2.75, 3.05) is 11.3 Å². The number of carbonyl (C=O) groups excluding carboxylic acids is 4. The molecule has 2 fully saturated rings. The summed E-state index contributed by atoms with van der Waals surface area (Å²) in [5.41, 5.74) is -1.49. The fourth-order valence-electron chi connectivity index (χ4n) is 5.90. The summed E-state index contributed by atoms with van der Waals surface area (Å²) in [6.45, 7) is 5.55. The van der Waals surface area contributed by atoms with Crippen LogP contribution in [0.5, 0.6) is 0 Å². The van der Waals surface area contributed by atoms with Gasteiger partial charge in [0.15, 0.2) is 5.78 Å². The van der Waals surface area contributed by atoms with Crippen LogP contribution < -0.4 is 14.8 Å². The summed E-state index contributed by atoms with van der Waals surface area (Å²) < 4.78 is 35.5. The van der Waals surface area contributed by atoms with E-state index in [1.807, 2.05) is 18.2 Å². The topological polar surface area (TPSA) is 175 Å². The second-order valence-electron chi connectivity index (χ2n) is 12.8. The Balaban J connectivity index is 1.52. The van der Waals surface area contributed by atoms with Gasteiger partial charge >= 0.3 is 16.3 Å². The van der Waals surface area contributed by atoms with Crippen LogP contribution in [0.15, 0.2) is 36.4 Å². The Morgan fingerprint density at radius 3 is 2.48 bits per heavy atom. The predicted molar refractivity (Wildman–Crippen MR) is 162 cm³/mol. The van der Waals surface area contributed by atoms with Crippen LogP contribution in [0, 0.1) is 22.7 Å². The SMILES string of the molecule is CC(C)(C)OC(=O)N[C@H]1CCCCC/C=C\[C@@H]2C[C@@]2(C(=O)NS(=O)(=O)Nc2ccc(C#N)cc2)CC(=O)[C@@H]2CCCN2C1=O. The quantitative estimate of drug-likeness (QED) is 0.414. The van der Waals surface area contributed by atoms with Crippen LogP contribution in [-0.2, 0) is 29.3 Å². The first-order chi connectivity index (χ1) is 20.7. The smallest absolute Gasteiger partial charge is 0.408 e. The Kier molecular flexibility index (Phi) is 10.0. The molecule has 3 N–H and O–H groups in total. The number of ether oxygens (including phenoxy) is 1. The van der Waals surface area contributed by atoms with Gasteiger partial charge in [-0.1, -0.05) is 25.0 Å². The third kappa shape index (κ3) is 8.37. The number of fused-ring (bicyclic) bond motifs is 2. The molecule has 1 saturated heterocycles. The summed E-state index contributed by atoms with van der Waals surface area (Å²) in [6, 6.07) is 6.02. The third-order valence-electron chi connectivity index (χ3n) is 8.20. The van der Waals surface area contributed by atoms with E-state index in [1.54, 1.807) is 20.8 Å². The molecule has 0 bridgehead atoms. The number of hydrogen-bond acceptors (Lipinski definition) is 8. The van der Waals surface area contributed by atoms with Crippen molar-refractivity contribution >= 4 is 39.6 Å². The molecule has 3 aliphatic rings. The van der Waals surface area contributed by atoms with Gasteiger partial charge in [0.1, 0.15) is 11.6 Å². The first-order valence-corrected chi connectivity index (χ1v) is 16.6. The maximum atomic E-state index is 13.8. The third-order valence-corrected chi connectivity index (χ3v) is 9.16. The summed E-state index contributed by atoms with van der Waals surface area (Å²) in [5.74, 6) is -1.79. The maximum Gasteiger partial charge on any atom is 0.408 e. The Morgan fingerprint density at radius 1 is 1.07 bits per heavy atom. The molecule has 3 amide bonds. The molecule has 2 aliphatic heterocycles. The number of allylic oxidation sites excluding steroid dienone is 2. The molecule has 1 saturated carbocycles. The second kappa shape index (κ2) is 13.4. The van der Waals surface area contributed by atoms with Crippen LogP contribution in [0.3, 0.4) is 0 Å². The molecule has 4 atom stereocenters. The van der Waals surface area contributed by atoms with E-state index < -0.39 is 45.3 Å². The number of benzene rings is 1. The monoisotopic (exact) mass is 627 g/mol. The second-order valence-corrected chi connectivity index (χ2v) is 14.2. The highest BCUT2D eigenvalue weighted by Crippen LogP contribution is 2.57. The van der Waals surface area contributed by atoms with Gasteiger partial charge in [-0.25, -0.2) is 9.52 Å². The van der Waals surface area contributed by atoms with Crippen LogP contribution in [0.2, 0.25) is 0 Å². The first-order valence-electron chi connectivity index (χ1n) is 15.1. The number of carbonyl (C=O) groups is 4. The number of amides is 3. The predicted octanol–water partition coefficient (Wildman–Crippen LogP) is 3.70. The standard InChI is InChI=1S/C31H41N5O7S/c1-30(2,3)43-29(40)33-24-11-8-6-4-5-7-10-22-18-31(22,19-26(37)25-12-9-17-36(25)27(24)38)28(39)35-44(41,42)34-23-15-13-21(20-32)14-16-23/h7,10,13-16,22,24-25,34H,4-6,8-9,11-12,17-19H2,1-3H3,(H,33,40)(H,35,39)/b10-7-/t22-,24+,25+,31-/m1/s1. The van der Waals surface area contributed by atoms with E-state index in [9.17, 15) is 27.6 Å². The van der Waals surface area contributed by atoms with E-state index in [1.165, 1.54) is 29.2 Å². The summed E-state index contributed by atoms with van der Waals surface area (Å²) in [5, 5.41) is 11.7. The number of anilines is 1. The molecule has 2 heterocycles. The minimum Gasteiger partial charge on any atom is -0.444 e. The van der Waals surface area contributed by atoms with Crippen LogP contribution in [0.25, 0.3) is 0 Å². The molecule has 0 unspecified atom stereocenters. The summed E-state index contributed by atoms with van der Waals surface area (Å²) in [7, 11) is -4.34. The minimum absolute atomic E-state index is 0.168. The molecule has 13 heteroatoms. The van der Waals surface area contributed by atoms with Crippen molar-refractivity contribution in [3.8, 4) is 6.07 Å². The van der Waals surface area contributed by atoms with E-state index in [2.05, 4.69) is 14.8 Å². The molecule has 4 rings (SSSR count). The Morgan fingerprint density at radius 2 is 1.80 bits per heavy atom. The Hall–Kier alpha value is -3.92. The van der Waals surface area contributed by atoms with Gasteiger partial charge in [-0.15, -0.1) is 0 Å². The zero-order valence-electron chi connectivity index (χ0n) is 25.4. The molecular formula is C31H41N5O7S. The van der Waals surface area contributed by atoms with Gasteiger partial charge in [0, 0.05) is 13.0 Å². The molecule has 0 aromatic heterocycles. The highest BCUT2D eigenvalue weighted by molar-refractivity contribution is 7.91. The molecule has 12 nitrogen and oxygen atoms in total. The lowest BCUT2D eigenvalue weighted by molar-refractivity contribution is -0.140. The lowest BCUT2D eigenvalue weighted by atomic mass is 9.91. The Labute approximate surface area is 258 Å². The minimum atomic E-state index is -4.34. The molecule has 1 aromatic carbocycles. The van der Waals surface area contributed by atoms with Crippen LogP contribution in [-0.4, -0.2) is 61.2 Å². The number of ketones is 1. The van der Waals surface area contributed by atoms with Crippen molar-refractivity contribution < 1.29 is 32.3 Å². The maximum absolute atomic E-state index is 13.8. The zero-order chi connectivity index (χ0) is 32.1. The normalized spacial score (nSPS) is 27.0. The van der Waals surface area contributed by atoms with Gasteiger partial charge in [0.25, 0.3) is 0 Å². The number of Topliss-reactive ketones (excluding diaryl/α,β-unsaturated/α-hetero) is 1. The van der Waals surface area contributed by atoms with Gasteiger partial charge in [0.2, 0.25) is 11.8 Å². The largest absolute Gasteiger partial charge is 0.444 e. The lowest BCUT2D eigenvalue weighted by Crippen LogP contribution is -2.53. The van der Waals surface area contributed by atoms with Crippen LogP contribution in [0.1, 0.15) is 84.1 Å². The van der Waals surface area contributed by atoms with Gasteiger partial charge in [-0.05, 0) is 89.5 Å². The van der Waals surface area contributed by atoms with Crippen molar-refractivity contribution in [1.82, 2.24) is 14.9 Å². The number of rotatable bonds is 5. The molecule has 0 radical (unpaired) electrons. The highest BCUT2D eigenvalue weighted by atomic mass is 32.2. The van der Waals surface area contributed by atoms with Crippen LogP contribution in [0.4, 0.5) is 10.5 Å². The summed E-state index contributed by atoms with van der Waals surface area (Å²) >= 11 is 0. The van der Waals surface area contributed by atoms with Gasteiger partial charge < -0.3 is 15.0 Å². The molecule has 0 spiro atoms. The molecule has 1 aliphatic carbocycles. The van der Waals surface area contributed by atoms with Crippen molar-refractivity contribution in [1.29, 1.82) is 5.26 Å². The molecular weight excluding hydrogens is 586 g/mol. The first kappa shape index (κ1) is 33.0. The number of nitriles is 1. The van der Waals surface area contributed by atoms with E-state index in [-0.39, 0.29) is 29.7 Å². The van der Waals surface area contributed by atoms with Crippen molar-refractivity contribution in [3.63, 3.8) is 0 Å². The molecule has 1 aromatic rings. The van der Waals surface area contributed by atoms with Crippen molar-refractivity contribution in [2.24, 2.45) is 11.3 Å². The van der Waals surface area contributed by atoms with Gasteiger partial charge in [-0.3, -0.25) is 19.1 Å². The van der Waals surface area contributed by atoms with Gasteiger partial charge in [-0.2, -0.15) is 13.7 Å². The molecule has 44 heavy (non-hydrogen) atoms. The van der Waals surface area contributed by atoms with Gasteiger partial charge in [0.05, 0.1) is 28.8 Å². The fraction of sp³-hybridized carbons (Fsp3) is 0.581. The average molecular weight is 628 g/mol. The number of hydrogen-bond donors (Lipinski definition) is 3. The lowest BCUT2D eigenvalue weighted by Gasteiger charge is -2.30. The average Bonchev–Trinajstić information content (AvgIpc) is 3.40. The van der Waals surface area contributed by atoms with E-state index in [0.717, 1.165) is 12.8 Å². The fourth-order valence-corrected chi connectivity index (χ4v) is 6.84. The van der Waals surface area contributed by atoms with E-state index in [4.69, 9.17) is 10.00 Å².